The van der Waals surface area contributed by atoms with Crippen LogP contribution in [-0.4, -0.2) is 32.5 Å². The van der Waals surface area contributed by atoms with Gasteiger partial charge in [0, 0.05) is 11.7 Å². The van der Waals surface area contributed by atoms with E-state index in [1.165, 1.54) is 24.6 Å². The smallest absolute Gasteiger partial charge is 0.230 e. The summed E-state index contributed by atoms with van der Waals surface area (Å²) in [6.45, 7) is 6.45. The molecule has 1 aliphatic rings. The first kappa shape index (κ1) is 18.0. The minimum absolute atomic E-state index is 0.0798. The molecule has 0 aliphatic heterocycles. The van der Waals surface area contributed by atoms with Gasteiger partial charge in [-0.1, -0.05) is 56.7 Å². The number of aryl methyl sites for hydroxylation is 1. The van der Waals surface area contributed by atoms with Crippen LogP contribution in [0.4, 0.5) is 0 Å². The lowest BCUT2D eigenvalue weighted by Gasteiger charge is -2.34. The molecule has 3 atom stereocenters. The number of aromatic nitrogens is 3. The number of hydrogen-bond acceptors (Lipinski definition) is 4. The number of benzene rings is 1. The van der Waals surface area contributed by atoms with E-state index in [9.17, 15) is 4.79 Å². The summed E-state index contributed by atoms with van der Waals surface area (Å²) in [5.74, 6) is 2.48. The lowest BCUT2D eigenvalue weighted by atomic mass is 9.78. The summed E-state index contributed by atoms with van der Waals surface area (Å²) < 4.78 is 1.99. The minimum Gasteiger partial charge on any atom is -0.352 e. The van der Waals surface area contributed by atoms with Gasteiger partial charge < -0.3 is 5.32 Å². The second kappa shape index (κ2) is 8.04. The summed E-state index contributed by atoms with van der Waals surface area (Å²) in [5.41, 5.74) is 1.02. The van der Waals surface area contributed by atoms with Crippen LogP contribution in [0.1, 0.15) is 38.9 Å². The zero-order valence-corrected chi connectivity index (χ0v) is 15.9. The molecule has 134 valence electrons. The molecule has 25 heavy (non-hydrogen) atoms. The Morgan fingerprint density at radius 1 is 1.24 bits per heavy atom. The van der Waals surface area contributed by atoms with Crippen LogP contribution in [0.2, 0.25) is 0 Å². The molecule has 0 unspecified atom stereocenters. The van der Waals surface area contributed by atoms with E-state index in [2.05, 4.69) is 29.4 Å². The van der Waals surface area contributed by atoms with Crippen LogP contribution in [-0.2, 0) is 4.79 Å². The van der Waals surface area contributed by atoms with Crippen molar-refractivity contribution in [1.29, 1.82) is 0 Å². The molecule has 1 N–H and O–H groups in total. The Labute approximate surface area is 153 Å². The van der Waals surface area contributed by atoms with Crippen LogP contribution in [0.3, 0.4) is 0 Å². The molecule has 1 heterocycles. The maximum absolute atomic E-state index is 12.4. The third-order valence-electron chi connectivity index (χ3n) is 5.20. The first-order chi connectivity index (χ1) is 12.1. The van der Waals surface area contributed by atoms with Crippen molar-refractivity contribution in [1.82, 2.24) is 20.1 Å². The van der Waals surface area contributed by atoms with Gasteiger partial charge >= 0.3 is 0 Å². The lowest BCUT2D eigenvalue weighted by molar-refractivity contribution is -0.120. The van der Waals surface area contributed by atoms with Crippen LogP contribution >= 0.6 is 11.8 Å². The number of nitrogens with zero attached hydrogens (tertiary/aromatic N) is 3. The van der Waals surface area contributed by atoms with Gasteiger partial charge in [0.15, 0.2) is 5.16 Å². The van der Waals surface area contributed by atoms with E-state index in [1.54, 1.807) is 0 Å². The Morgan fingerprint density at radius 2 is 2.00 bits per heavy atom. The summed E-state index contributed by atoms with van der Waals surface area (Å²) >= 11 is 1.44. The Hall–Kier alpha value is -1.82. The van der Waals surface area contributed by atoms with Crippen molar-refractivity contribution in [3.63, 3.8) is 0 Å². The van der Waals surface area contributed by atoms with E-state index >= 15 is 0 Å². The third-order valence-corrected chi connectivity index (χ3v) is 6.12. The zero-order chi connectivity index (χ0) is 17.8. The second-order valence-electron chi connectivity index (χ2n) is 6.93. The Bertz CT molecular complexity index is 715. The van der Waals surface area contributed by atoms with Crippen molar-refractivity contribution >= 4 is 17.7 Å². The number of hydrogen-bond donors (Lipinski definition) is 1. The average molecular weight is 359 g/mol. The van der Waals surface area contributed by atoms with E-state index in [0.29, 0.717) is 23.6 Å². The molecule has 1 aliphatic carbocycles. The van der Waals surface area contributed by atoms with Crippen molar-refractivity contribution in [2.24, 2.45) is 11.8 Å². The molecule has 5 nitrogen and oxygen atoms in total. The summed E-state index contributed by atoms with van der Waals surface area (Å²) in [6.07, 6.45) is 3.55. The topological polar surface area (TPSA) is 59.8 Å². The summed E-state index contributed by atoms with van der Waals surface area (Å²) in [7, 11) is 0. The summed E-state index contributed by atoms with van der Waals surface area (Å²) in [4.78, 5) is 12.4. The SMILES string of the molecule is Cc1nnc(SCC(=O)N[C@@H]2CCC[C@H](C)[C@H]2C)n1-c1ccccc1. The zero-order valence-electron chi connectivity index (χ0n) is 15.1. The van der Waals surface area contributed by atoms with Gasteiger partial charge in [0.2, 0.25) is 5.91 Å². The molecule has 1 aromatic heterocycles. The van der Waals surface area contributed by atoms with Crippen molar-refractivity contribution in [3.8, 4) is 5.69 Å². The van der Waals surface area contributed by atoms with Gasteiger partial charge in [-0.2, -0.15) is 0 Å². The third kappa shape index (κ3) is 4.24. The number of carbonyl (C=O) groups is 1. The number of para-hydroxylation sites is 1. The van der Waals surface area contributed by atoms with E-state index < -0.39 is 0 Å². The van der Waals surface area contributed by atoms with Gasteiger partial charge in [0.25, 0.3) is 0 Å². The first-order valence-electron chi connectivity index (χ1n) is 8.96. The average Bonchev–Trinajstić information content (AvgIpc) is 2.98. The van der Waals surface area contributed by atoms with Crippen LogP contribution < -0.4 is 5.32 Å². The molecule has 0 bridgehead atoms. The minimum atomic E-state index is 0.0798. The predicted molar refractivity (Wildman–Crippen MR) is 101 cm³/mol. The Morgan fingerprint density at radius 3 is 2.76 bits per heavy atom. The summed E-state index contributed by atoms with van der Waals surface area (Å²) in [6, 6.07) is 10.3. The van der Waals surface area contributed by atoms with Crippen LogP contribution in [0.25, 0.3) is 5.69 Å². The number of rotatable bonds is 5. The van der Waals surface area contributed by atoms with Crippen LogP contribution in [0, 0.1) is 18.8 Å². The molecule has 1 fully saturated rings. The maximum atomic E-state index is 12.4. The van der Waals surface area contributed by atoms with E-state index in [4.69, 9.17) is 0 Å². The number of nitrogens with one attached hydrogen (secondary N) is 1. The molecule has 0 spiro atoms. The highest BCUT2D eigenvalue weighted by atomic mass is 32.2. The monoisotopic (exact) mass is 358 g/mol. The van der Waals surface area contributed by atoms with Crippen LogP contribution in [0.15, 0.2) is 35.5 Å². The molecular weight excluding hydrogens is 332 g/mol. The van der Waals surface area contributed by atoms with Gasteiger partial charge in [-0.3, -0.25) is 9.36 Å². The van der Waals surface area contributed by atoms with E-state index in [1.807, 2.05) is 41.8 Å². The highest BCUT2D eigenvalue weighted by molar-refractivity contribution is 7.99. The standard InChI is InChI=1S/C19H26N4OS/c1-13-8-7-11-17(14(13)2)20-18(24)12-25-19-22-21-15(3)23(19)16-9-5-4-6-10-16/h4-6,9-10,13-14,17H,7-8,11-12H2,1-3H3,(H,20,24)/t13-,14+,17+/m0/s1. The molecule has 2 aromatic rings. The molecule has 0 saturated heterocycles. The largest absolute Gasteiger partial charge is 0.352 e. The predicted octanol–water partition coefficient (Wildman–Crippen LogP) is 3.61. The van der Waals surface area contributed by atoms with E-state index in [-0.39, 0.29) is 5.91 Å². The number of thioether (sulfide) groups is 1. The molecule has 1 saturated carbocycles. The number of carbonyl (C=O) groups excluding carboxylic acids is 1. The highest BCUT2D eigenvalue weighted by Gasteiger charge is 2.28. The fraction of sp³-hybridized carbons (Fsp3) is 0.526. The summed E-state index contributed by atoms with van der Waals surface area (Å²) in [5, 5.41) is 12.4. The van der Waals surface area contributed by atoms with Gasteiger partial charge in [0.05, 0.1) is 5.75 Å². The van der Waals surface area contributed by atoms with Gasteiger partial charge in [-0.15, -0.1) is 10.2 Å². The Kier molecular flexibility index (Phi) is 5.78. The van der Waals surface area contributed by atoms with Crippen LogP contribution in [0.5, 0.6) is 0 Å². The van der Waals surface area contributed by atoms with Gasteiger partial charge in [-0.25, -0.2) is 0 Å². The normalized spacial score (nSPS) is 23.4. The quantitative estimate of drug-likeness (QED) is 0.830. The molecule has 6 heteroatoms. The molecule has 1 aromatic carbocycles. The van der Waals surface area contributed by atoms with Crippen molar-refractivity contribution in [3.05, 3.63) is 36.2 Å². The highest BCUT2D eigenvalue weighted by Crippen LogP contribution is 2.29. The second-order valence-corrected chi connectivity index (χ2v) is 7.87. The van der Waals surface area contributed by atoms with Gasteiger partial charge in [0.1, 0.15) is 5.82 Å². The van der Waals surface area contributed by atoms with Crippen molar-refractivity contribution in [2.45, 2.75) is 51.2 Å². The molecule has 1 amide bonds. The number of amides is 1. The Balaban J connectivity index is 1.62. The molecular formula is C19H26N4OS. The maximum Gasteiger partial charge on any atom is 0.230 e. The van der Waals surface area contributed by atoms with Crippen molar-refractivity contribution in [2.75, 3.05) is 5.75 Å². The molecule has 0 radical (unpaired) electrons. The fourth-order valence-electron chi connectivity index (χ4n) is 3.48. The lowest BCUT2D eigenvalue weighted by Crippen LogP contribution is -2.44. The fourth-order valence-corrected chi connectivity index (χ4v) is 4.28. The van der Waals surface area contributed by atoms with Gasteiger partial charge in [-0.05, 0) is 37.3 Å². The molecule has 3 rings (SSSR count). The van der Waals surface area contributed by atoms with Crippen molar-refractivity contribution < 1.29 is 4.79 Å². The van der Waals surface area contributed by atoms with E-state index in [0.717, 1.165) is 23.1 Å². The first-order valence-corrected chi connectivity index (χ1v) is 9.94.